The largest absolute Gasteiger partial charge is 0.396 e. The van der Waals surface area contributed by atoms with Crippen molar-refractivity contribution in [3.05, 3.63) is 12.2 Å². The predicted molar refractivity (Wildman–Crippen MR) is 295 cm³/mol. The van der Waals surface area contributed by atoms with Crippen molar-refractivity contribution in [2.75, 3.05) is 39.6 Å². The molecule has 28 nitrogen and oxygen atoms in total. The van der Waals surface area contributed by atoms with E-state index in [9.17, 15) is 86.8 Å². The highest BCUT2D eigenvalue weighted by Crippen LogP contribution is 2.79. The first-order chi connectivity index (χ1) is 41.4. The summed E-state index contributed by atoms with van der Waals surface area (Å²) in [6, 6.07) is 0. The Hall–Kier alpha value is -1.38. The van der Waals surface area contributed by atoms with E-state index in [4.69, 9.17) is 52.1 Å². The van der Waals surface area contributed by atoms with Crippen LogP contribution in [0.5, 0.6) is 0 Å². The Morgan fingerprint density at radius 3 is 1.59 bits per heavy atom. The Bertz CT molecular complexity index is 2440. The molecule has 0 aromatic carbocycles. The zero-order valence-corrected chi connectivity index (χ0v) is 51.0. The molecule has 0 radical (unpaired) electrons. The van der Waals surface area contributed by atoms with Gasteiger partial charge in [-0.05, 0) is 86.4 Å². The smallest absolute Gasteiger partial charge is 0.187 e. The second-order valence-corrected chi connectivity index (χ2v) is 29.4. The summed E-state index contributed by atoms with van der Waals surface area (Å²) in [7, 11) is 0. The van der Waals surface area contributed by atoms with Crippen LogP contribution in [0, 0.1) is 50.2 Å². The fourth-order valence-corrected chi connectivity index (χ4v) is 18.6. The molecule has 10 fully saturated rings. The van der Waals surface area contributed by atoms with E-state index in [0.717, 1.165) is 25.7 Å². The summed E-state index contributed by atoms with van der Waals surface area (Å²) in [6.07, 6.45) is -35.5. The van der Waals surface area contributed by atoms with E-state index in [1.54, 1.807) is 0 Å². The van der Waals surface area contributed by atoms with E-state index >= 15 is 0 Å². The molecule has 11 rings (SSSR count). The molecule has 0 unspecified atom stereocenters. The molecule has 36 atom stereocenters. The summed E-state index contributed by atoms with van der Waals surface area (Å²) >= 11 is 0. The third-order valence-electron chi connectivity index (χ3n) is 24.2. The van der Waals surface area contributed by atoms with Gasteiger partial charge in [0.25, 0.3) is 0 Å². The number of rotatable bonds is 15. The number of hydrogen-bond donors (Lipinski definition) is 17. The zero-order chi connectivity index (χ0) is 63.9. The van der Waals surface area contributed by atoms with Crippen LogP contribution in [-0.2, 0) is 52.1 Å². The Labute approximate surface area is 510 Å². The summed E-state index contributed by atoms with van der Waals surface area (Å²) in [6.45, 7) is 11.9. The van der Waals surface area contributed by atoms with Gasteiger partial charge in [0.2, 0.25) is 0 Å². The monoisotopic (exact) mass is 1270 g/mol. The molecular formula is C60H98O28. The maximum Gasteiger partial charge on any atom is 0.187 e. The van der Waals surface area contributed by atoms with Crippen LogP contribution in [0.25, 0.3) is 0 Å². The average Bonchev–Trinajstić information content (AvgIpc) is 1.32. The van der Waals surface area contributed by atoms with Crippen LogP contribution in [0.2, 0.25) is 0 Å². The maximum atomic E-state index is 12.4. The van der Waals surface area contributed by atoms with Crippen LogP contribution in [0.4, 0.5) is 0 Å². The molecule has 5 aliphatic carbocycles. The number of aliphatic hydroxyl groups excluding tert-OH is 17. The Kier molecular flexibility index (Phi) is 19.1. The van der Waals surface area contributed by atoms with Crippen LogP contribution in [0.3, 0.4) is 0 Å². The lowest BCUT2D eigenvalue weighted by molar-refractivity contribution is -0.399. The molecule has 6 heterocycles. The number of ether oxygens (including phenoxy) is 11. The van der Waals surface area contributed by atoms with Gasteiger partial charge >= 0.3 is 0 Å². The van der Waals surface area contributed by atoms with Gasteiger partial charge in [-0.15, -0.1) is 0 Å². The lowest BCUT2D eigenvalue weighted by Crippen LogP contribution is -2.72. The number of aliphatic hydroxyl groups is 17. The normalized spacial score (nSPS) is 57.6. The van der Waals surface area contributed by atoms with E-state index in [0.29, 0.717) is 32.3 Å². The highest BCUT2D eigenvalue weighted by Gasteiger charge is 2.79. The van der Waals surface area contributed by atoms with Gasteiger partial charge in [-0.2, -0.15) is 0 Å². The summed E-state index contributed by atoms with van der Waals surface area (Å²) in [5, 5.41) is 187. The van der Waals surface area contributed by atoms with Crippen LogP contribution in [0.15, 0.2) is 12.2 Å². The minimum Gasteiger partial charge on any atom is -0.396 e. The van der Waals surface area contributed by atoms with E-state index in [1.807, 2.05) is 6.92 Å². The minimum atomic E-state index is -2.09. The van der Waals surface area contributed by atoms with Crippen molar-refractivity contribution < 1.29 is 139 Å². The molecule has 4 saturated carbocycles. The van der Waals surface area contributed by atoms with Crippen molar-refractivity contribution in [1.82, 2.24) is 0 Å². The van der Waals surface area contributed by atoms with Gasteiger partial charge in [0.05, 0.1) is 63.6 Å². The van der Waals surface area contributed by atoms with Crippen molar-refractivity contribution in [2.24, 2.45) is 50.2 Å². The molecule has 28 heteroatoms. The predicted octanol–water partition coefficient (Wildman–Crippen LogP) is -4.75. The Morgan fingerprint density at radius 2 is 1.01 bits per heavy atom. The van der Waals surface area contributed by atoms with Crippen LogP contribution in [0.1, 0.15) is 99.8 Å². The lowest BCUT2D eigenvalue weighted by Gasteiger charge is -2.73. The number of allylic oxidation sites excluding steroid dienone is 1. The van der Waals surface area contributed by atoms with Gasteiger partial charge in [-0.25, -0.2) is 0 Å². The van der Waals surface area contributed by atoms with Gasteiger partial charge in [-0.3, -0.25) is 0 Å². The van der Waals surface area contributed by atoms with E-state index in [-0.39, 0.29) is 40.6 Å². The summed E-state index contributed by atoms with van der Waals surface area (Å²) in [4.78, 5) is 0. The topological polar surface area (TPSA) is 445 Å². The molecule has 0 amide bonds. The second-order valence-electron chi connectivity index (χ2n) is 29.4. The number of hydrogen-bond acceptors (Lipinski definition) is 28. The first-order valence-corrected chi connectivity index (χ1v) is 31.5. The van der Waals surface area contributed by atoms with Gasteiger partial charge in [0, 0.05) is 22.2 Å². The summed E-state index contributed by atoms with van der Waals surface area (Å²) < 4.78 is 67.8. The number of fused-ring (bicyclic) bond motifs is 4. The van der Waals surface area contributed by atoms with Crippen LogP contribution < -0.4 is 0 Å². The van der Waals surface area contributed by atoms with Crippen molar-refractivity contribution in [1.29, 1.82) is 0 Å². The van der Waals surface area contributed by atoms with Crippen LogP contribution >= 0.6 is 0 Å². The zero-order valence-electron chi connectivity index (χ0n) is 51.0. The highest BCUT2D eigenvalue weighted by atomic mass is 16.8. The SMILES string of the molecule is C[C@H]1O[C@@H](O[C@H]2CC[C@@]3(C)[C@@H](CC[C@]4(C)[C@@H]3C=C[C@]35OC[C@@]6(CCC(C)(C)C[C@H]63)[C@@H](O)C[C@]54C)[C@]2(C)CO)[C@H](O[C@@H]2O[C@H](CO)[C@@H](O)[C@H](O)[C@H]2O)[C@@H](O[C@@H]2O[C@H](CO[C@H]3O[C@H](CO)[C@@H](O[C@@H]4O[C@H](CO)[C@@H](O)[C@H](O)[C@H]4O)[C@H](O)[C@H]3O)[C@@H](O)[C@H](O)[C@H]2O)[C@H]1O. The molecule has 0 aromatic rings. The fraction of sp³-hybridized carbons (Fsp3) is 0.967. The van der Waals surface area contributed by atoms with E-state index in [2.05, 4.69) is 46.8 Å². The molecule has 6 aliphatic heterocycles. The minimum absolute atomic E-state index is 0.0164. The Balaban J connectivity index is 0.835. The van der Waals surface area contributed by atoms with Crippen molar-refractivity contribution in [2.45, 2.75) is 271 Å². The second kappa shape index (κ2) is 24.7. The Morgan fingerprint density at radius 1 is 0.477 bits per heavy atom. The molecule has 2 bridgehead atoms. The summed E-state index contributed by atoms with van der Waals surface area (Å²) in [5.41, 5.74) is -3.03. The van der Waals surface area contributed by atoms with Gasteiger partial charge in [0.1, 0.15) is 116 Å². The first-order valence-electron chi connectivity index (χ1n) is 31.5. The standard InChI is InChI=1S/C60H98O28/c1-24-34(66)47(87-52-44(76)40(72)37(69)28(84-52)21-78-49-45(77)41(73)46(27(20-63)83-49)86-50-42(74)38(70)35(67)25(18-61)81-50)48(88-51-43(75)39(71)36(68)26(19-62)82-51)53(80-24)85-33-10-11-55(4)29(56(33,5)22-64)8-12-57(6)30(55)9-13-60-31-16-54(2,3)14-15-59(31,23-79-60)32(65)17-58(57,60)7/h9,13,24-53,61-77H,8,10-12,14-23H2,1-7H3/t24-,25-,26-,27-,28-,29-,30-,31-,32+,33+,34+,35-,36-,37-,38+,39+,40+,41-,42-,43-,44-,45-,46-,47+,48-,49+,50+,51+,52+,53+,55+,56+,57-,58+,59-,60+/m1/s1. The lowest BCUT2D eigenvalue weighted by atomic mass is 9.32. The van der Waals surface area contributed by atoms with Gasteiger partial charge < -0.3 is 139 Å². The van der Waals surface area contributed by atoms with E-state index < -0.39 is 214 Å². The average molecular weight is 1270 g/mol. The molecule has 6 saturated heterocycles. The fourth-order valence-electron chi connectivity index (χ4n) is 18.6. The van der Waals surface area contributed by atoms with Crippen molar-refractivity contribution >= 4 is 0 Å². The highest BCUT2D eigenvalue weighted by molar-refractivity contribution is 5.36. The first kappa shape index (κ1) is 68.0. The molecule has 17 N–H and O–H groups in total. The maximum absolute atomic E-state index is 12.4. The third kappa shape index (κ3) is 10.6. The molecule has 88 heavy (non-hydrogen) atoms. The molecular weight excluding hydrogens is 1170 g/mol. The molecule has 0 aromatic heterocycles. The van der Waals surface area contributed by atoms with Crippen molar-refractivity contribution in [3.8, 4) is 0 Å². The third-order valence-corrected chi connectivity index (χ3v) is 24.2. The van der Waals surface area contributed by atoms with Gasteiger partial charge in [-0.1, -0.05) is 53.7 Å². The summed E-state index contributed by atoms with van der Waals surface area (Å²) in [5.74, 6) is -0.0605. The molecule has 11 aliphatic rings. The molecule has 1 spiro atoms. The molecule has 506 valence electrons. The van der Waals surface area contributed by atoms with Crippen LogP contribution in [-0.4, -0.2) is 298 Å². The quantitative estimate of drug-likeness (QED) is 0.0541. The van der Waals surface area contributed by atoms with Crippen molar-refractivity contribution in [3.63, 3.8) is 0 Å². The van der Waals surface area contributed by atoms with Gasteiger partial charge in [0.15, 0.2) is 31.5 Å². The van der Waals surface area contributed by atoms with E-state index in [1.165, 1.54) is 6.92 Å².